The Morgan fingerprint density at radius 2 is 2.48 bits per heavy atom. The number of rotatable bonds is 6. The van der Waals surface area contributed by atoms with Crippen LogP contribution in [0.3, 0.4) is 0 Å². The van der Waals surface area contributed by atoms with E-state index in [-0.39, 0.29) is 30.1 Å². The minimum absolute atomic E-state index is 0. The Kier molecular flexibility index (Phi) is 8.36. The van der Waals surface area contributed by atoms with Crippen molar-refractivity contribution in [3.8, 4) is 5.88 Å². The molecule has 1 saturated heterocycles. The summed E-state index contributed by atoms with van der Waals surface area (Å²) in [7, 11) is 0. The molecule has 0 spiro atoms. The number of ether oxygens (including phenoxy) is 2. The van der Waals surface area contributed by atoms with Crippen molar-refractivity contribution < 1.29 is 9.47 Å². The van der Waals surface area contributed by atoms with Gasteiger partial charge in [0.2, 0.25) is 5.88 Å². The van der Waals surface area contributed by atoms with E-state index in [0.717, 1.165) is 31.6 Å². The lowest BCUT2D eigenvalue weighted by atomic mass is 10.2. The summed E-state index contributed by atoms with van der Waals surface area (Å²) in [6.07, 6.45) is 4.18. The van der Waals surface area contributed by atoms with Crippen molar-refractivity contribution in [3.05, 3.63) is 23.9 Å². The number of nitrogens with zero attached hydrogens (tertiary/aromatic N) is 2. The average molecular weight is 406 g/mol. The fourth-order valence-corrected chi connectivity index (χ4v) is 2.03. The van der Waals surface area contributed by atoms with Crippen molar-refractivity contribution in [2.75, 3.05) is 19.8 Å². The fraction of sp³-hybridized carbons (Fsp3) is 0.571. The number of pyridine rings is 1. The standard InChI is InChI=1S/C14H22N4O2.HI/c1-2-19-13-8-11(5-6-16-13)9-17-14(15)18-10-12-4-3-7-20-12;/h5-6,8,12H,2-4,7,9-10H2,1H3,(H3,15,17,18);1H. The molecule has 1 aliphatic heterocycles. The number of nitrogens with one attached hydrogen (secondary N) is 1. The average Bonchev–Trinajstić information content (AvgIpc) is 2.97. The maximum atomic E-state index is 5.83. The second kappa shape index (κ2) is 9.78. The van der Waals surface area contributed by atoms with E-state index in [9.17, 15) is 0 Å². The molecular formula is C14H23IN4O2. The van der Waals surface area contributed by atoms with Crippen molar-refractivity contribution >= 4 is 29.9 Å². The number of hydrogen-bond donors (Lipinski definition) is 2. The molecule has 0 bridgehead atoms. The largest absolute Gasteiger partial charge is 0.478 e. The topological polar surface area (TPSA) is 81.8 Å². The van der Waals surface area contributed by atoms with E-state index in [2.05, 4.69) is 15.3 Å². The molecule has 0 saturated carbocycles. The molecule has 7 heteroatoms. The van der Waals surface area contributed by atoms with Crippen LogP contribution in [0.5, 0.6) is 5.88 Å². The van der Waals surface area contributed by atoms with Gasteiger partial charge in [0.25, 0.3) is 0 Å². The lowest BCUT2D eigenvalue weighted by Crippen LogP contribution is -2.37. The monoisotopic (exact) mass is 406 g/mol. The molecule has 2 heterocycles. The zero-order valence-electron chi connectivity index (χ0n) is 12.2. The van der Waals surface area contributed by atoms with E-state index in [1.165, 1.54) is 0 Å². The van der Waals surface area contributed by atoms with E-state index < -0.39 is 0 Å². The van der Waals surface area contributed by atoms with Crippen LogP contribution < -0.4 is 15.8 Å². The Morgan fingerprint density at radius 3 is 3.19 bits per heavy atom. The molecule has 21 heavy (non-hydrogen) atoms. The predicted molar refractivity (Wildman–Crippen MR) is 93.1 cm³/mol. The van der Waals surface area contributed by atoms with Gasteiger partial charge in [0.1, 0.15) is 0 Å². The first-order valence-corrected chi connectivity index (χ1v) is 7.01. The summed E-state index contributed by atoms with van der Waals surface area (Å²) < 4.78 is 10.9. The molecule has 118 valence electrons. The first kappa shape index (κ1) is 18.0. The SMILES string of the molecule is CCOc1cc(CN=C(N)NCC2CCCO2)ccn1.I. The summed E-state index contributed by atoms with van der Waals surface area (Å²) in [4.78, 5) is 8.41. The molecule has 0 radical (unpaired) electrons. The molecule has 0 aromatic carbocycles. The zero-order chi connectivity index (χ0) is 14.2. The Balaban J connectivity index is 0.00000220. The summed E-state index contributed by atoms with van der Waals surface area (Å²) >= 11 is 0. The van der Waals surface area contributed by atoms with Crippen LogP contribution in [0.4, 0.5) is 0 Å². The highest BCUT2D eigenvalue weighted by Gasteiger charge is 2.14. The van der Waals surface area contributed by atoms with Gasteiger partial charge in [-0.3, -0.25) is 0 Å². The third kappa shape index (κ3) is 6.47. The minimum atomic E-state index is 0. The van der Waals surface area contributed by atoms with E-state index in [1.54, 1.807) is 6.20 Å². The van der Waals surface area contributed by atoms with E-state index in [1.807, 2.05) is 19.1 Å². The molecule has 0 amide bonds. The Morgan fingerprint density at radius 1 is 1.62 bits per heavy atom. The number of halogens is 1. The van der Waals surface area contributed by atoms with Crippen molar-refractivity contribution in [3.63, 3.8) is 0 Å². The summed E-state index contributed by atoms with van der Waals surface area (Å²) in [5, 5.41) is 3.09. The van der Waals surface area contributed by atoms with Crippen LogP contribution in [0, 0.1) is 0 Å². The first-order chi connectivity index (χ1) is 9.78. The summed E-state index contributed by atoms with van der Waals surface area (Å²) in [5.74, 6) is 1.06. The van der Waals surface area contributed by atoms with Crippen LogP contribution in [0.1, 0.15) is 25.3 Å². The van der Waals surface area contributed by atoms with Crippen molar-refractivity contribution in [1.82, 2.24) is 10.3 Å². The van der Waals surface area contributed by atoms with Gasteiger partial charge in [-0.2, -0.15) is 0 Å². The van der Waals surface area contributed by atoms with Gasteiger partial charge in [-0.15, -0.1) is 24.0 Å². The Bertz CT molecular complexity index is 450. The number of nitrogens with two attached hydrogens (primary N) is 1. The molecule has 3 N–H and O–H groups in total. The van der Waals surface area contributed by atoms with E-state index in [4.69, 9.17) is 15.2 Å². The maximum absolute atomic E-state index is 5.83. The molecule has 1 aromatic rings. The van der Waals surface area contributed by atoms with Gasteiger partial charge < -0.3 is 20.5 Å². The Hall–Kier alpha value is -1.09. The van der Waals surface area contributed by atoms with Crippen LogP contribution in [0.15, 0.2) is 23.3 Å². The van der Waals surface area contributed by atoms with Gasteiger partial charge in [-0.1, -0.05) is 0 Å². The lowest BCUT2D eigenvalue weighted by molar-refractivity contribution is 0.114. The van der Waals surface area contributed by atoms with Crippen LogP contribution in [-0.4, -0.2) is 36.8 Å². The van der Waals surface area contributed by atoms with Gasteiger partial charge >= 0.3 is 0 Å². The highest BCUT2D eigenvalue weighted by atomic mass is 127. The molecule has 0 aliphatic carbocycles. The minimum Gasteiger partial charge on any atom is -0.478 e. The number of hydrogen-bond acceptors (Lipinski definition) is 4. The predicted octanol–water partition coefficient (Wildman–Crippen LogP) is 1.68. The van der Waals surface area contributed by atoms with Crippen LogP contribution in [-0.2, 0) is 11.3 Å². The third-order valence-electron chi connectivity index (χ3n) is 3.06. The first-order valence-electron chi connectivity index (χ1n) is 7.01. The van der Waals surface area contributed by atoms with Gasteiger partial charge in [0.05, 0.1) is 19.3 Å². The van der Waals surface area contributed by atoms with Crippen LogP contribution >= 0.6 is 24.0 Å². The van der Waals surface area contributed by atoms with Crippen molar-refractivity contribution in [2.45, 2.75) is 32.4 Å². The molecule has 1 unspecified atom stereocenters. The third-order valence-corrected chi connectivity index (χ3v) is 3.06. The van der Waals surface area contributed by atoms with Gasteiger partial charge in [0, 0.05) is 25.4 Å². The molecular weight excluding hydrogens is 383 g/mol. The molecule has 1 aliphatic rings. The second-order valence-corrected chi connectivity index (χ2v) is 4.65. The summed E-state index contributed by atoms with van der Waals surface area (Å²) in [6, 6.07) is 3.78. The fourth-order valence-electron chi connectivity index (χ4n) is 2.03. The lowest BCUT2D eigenvalue weighted by Gasteiger charge is -2.11. The smallest absolute Gasteiger partial charge is 0.213 e. The number of aromatic nitrogens is 1. The van der Waals surface area contributed by atoms with Gasteiger partial charge in [0.15, 0.2) is 5.96 Å². The number of guanidine groups is 1. The van der Waals surface area contributed by atoms with Gasteiger partial charge in [-0.05, 0) is 31.4 Å². The molecule has 1 atom stereocenters. The Labute approximate surface area is 142 Å². The number of aliphatic imine (C=N–C) groups is 1. The molecule has 2 rings (SSSR count). The normalized spacial score (nSPS) is 18.1. The quantitative estimate of drug-likeness (QED) is 0.427. The van der Waals surface area contributed by atoms with E-state index in [0.29, 0.717) is 25.0 Å². The molecule has 1 aromatic heterocycles. The van der Waals surface area contributed by atoms with Crippen LogP contribution in [0.2, 0.25) is 0 Å². The summed E-state index contributed by atoms with van der Waals surface area (Å²) in [5.41, 5.74) is 6.85. The van der Waals surface area contributed by atoms with Crippen molar-refractivity contribution in [2.24, 2.45) is 10.7 Å². The highest BCUT2D eigenvalue weighted by molar-refractivity contribution is 14.0. The van der Waals surface area contributed by atoms with Crippen LogP contribution in [0.25, 0.3) is 0 Å². The van der Waals surface area contributed by atoms with Gasteiger partial charge in [-0.25, -0.2) is 9.98 Å². The maximum Gasteiger partial charge on any atom is 0.213 e. The zero-order valence-corrected chi connectivity index (χ0v) is 14.6. The highest BCUT2D eigenvalue weighted by Crippen LogP contribution is 2.11. The van der Waals surface area contributed by atoms with Crippen molar-refractivity contribution in [1.29, 1.82) is 0 Å². The molecule has 1 fully saturated rings. The van der Waals surface area contributed by atoms with E-state index >= 15 is 0 Å². The molecule has 6 nitrogen and oxygen atoms in total. The summed E-state index contributed by atoms with van der Waals surface area (Å²) in [6.45, 7) is 4.60. The second-order valence-electron chi connectivity index (χ2n) is 4.65.